The van der Waals surface area contributed by atoms with E-state index in [9.17, 15) is 9.59 Å². The summed E-state index contributed by atoms with van der Waals surface area (Å²) in [5.74, 6) is 0.0313. The molecule has 0 saturated carbocycles. The third-order valence-corrected chi connectivity index (χ3v) is 4.56. The van der Waals surface area contributed by atoms with Crippen molar-refractivity contribution in [3.05, 3.63) is 33.8 Å². The summed E-state index contributed by atoms with van der Waals surface area (Å²) in [6.07, 6.45) is 1.54. The maximum Gasteiger partial charge on any atom is 0.251 e. The lowest BCUT2D eigenvalue weighted by molar-refractivity contribution is -0.135. The molecule has 0 aliphatic carbocycles. The standard InChI is InChI=1S/C16H20Cl2N2O2/c1-10(2)16(22)20-7-5-12(6-8-20)19-15(21)11-3-4-13(17)14(18)9-11/h3-4,9-10,12H,5-8H2,1-2H3,(H,19,21). The minimum atomic E-state index is -0.160. The van der Waals surface area contributed by atoms with Crippen molar-refractivity contribution in [1.29, 1.82) is 0 Å². The lowest BCUT2D eigenvalue weighted by Gasteiger charge is -2.33. The fraction of sp³-hybridized carbons (Fsp3) is 0.500. The zero-order chi connectivity index (χ0) is 16.3. The highest BCUT2D eigenvalue weighted by molar-refractivity contribution is 6.42. The van der Waals surface area contributed by atoms with Crippen molar-refractivity contribution in [2.75, 3.05) is 13.1 Å². The molecule has 1 aliphatic heterocycles. The maximum absolute atomic E-state index is 12.2. The molecular weight excluding hydrogens is 323 g/mol. The van der Waals surface area contributed by atoms with E-state index in [-0.39, 0.29) is 23.8 Å². The summed E-state index contributed by atoms with van der Waals surface area (Å²) in [6, 6.07) is 4.92. The molecule has 4 nitrogen and oxygen atoms in total. The predicted octanol–water partition coefficient (Wildman–Crippen LogP) is 3.37. The fourth-order valence-corrected chi connectivity index (χ4v) is 2.81. The number of benzene rings is 1. The minimum Gasteiger partial charge on any atom is -0.349 e. The number of piperidine rings is 1. The Morgan fingerprint density at radius 1 is 1.18 bits per heavy atom. The van der Waals surface area contributed by atoms with Crippen LogP contribution in [0.15, 0.2) is 18.2 Å². The number of hydrogen-bond donors (Lipinski definition) is 1. The first-order chi connectivity index (χ1) is 10.4. The second-order valence-electron chi connectivity index (χ2n) is 5.86. The Labute approximate surface area is 140 Å². The number of nitrogens with one attached hydrogen (secondary N) is 1. The van der Waals surface area contributed by atoms with E-state index < -0.39 is 0 Å². The van der Waals surface area contributed by atoms with Crippen molar-refractivity contribution in [1.82, 2.24) is 10.2 Å². The van der Waals surface area contributed by atoms with Crippen LogP contribution in [0.25, 0.3) is 0 Å². The monoisotopic (exact) mass is 342 g/mol. The van der Waals surface area contributed by atoms with Gasteiger partial charge in [-0.15, -0.1) is 0 Å². The van der Waals surface area contributed by atoms with Crippen molar-refractivity contribution in [2.45, 2.75) is 32.7 Å². The Kier molecular flexibility index (Phi) is 5.70. The number of halogens is 2. The van der Waals surface area contributed by atoms with Gasteiger partial charge in [0.25, 0.3) is 5.91 Å². The van der Waals surface area contributed by atoms with Gasteiger partial charge in [0, 0.05) is 30.6 Å². The number of carbonyl (C=O) groups is 2. The van der Waals surface area contributed by atoms with Gasteiger partial charge in [-0.3, -0.25) is 9.59 Å². The number of hydrogen-bond acceptors (Lipinski definition) is 2. The minimum absolute atomic E-state index is 0.0161. The van der Waals surface area contributed by atoms with Crippen molar-refractivity contribution in [3.8, 4) is 0 Å². The van der Waals surface area contributed by atoms with Gasteiger partial charge in [0.2, 0.25) is 5.91 Å². The molecule has 6 heteroatoms. The molecule has 1 aromatic rings. The number of likely N-dealkylation sites (tertiary alicyclic amines) is 1. The van der Waals surface area contributed by atoms with Gasteiger partial charge in [0.1, 0.15) is 0 Å². The molecule has 0 unspecified atom stereocenters. The molecule has 2 amide bonds. The molecule has 1 aliphatic rings. The highest BCUT2D eigenvalue weighted by Gasteiger charge is 2.25. The third kappa shape index (κ3) is 4.14. The molecule has 0 atom stereocenters. The Morgan fingerprint density at radius 3 is 2.36 bits per heavy atom. The van der Waals surface area contributed by atoms with E-state index in [0.29, 0.717) is 28.7 Å². The fourth-order valence-electron chi connectivity index (χ4n) is 2.52. The summed E-state index contributed by atoms with van der Waals surface area (Å²) in [6.45, 7) is 5.17. The van der Waals surface area contributed by atoms with Gasteiger partial charge in [-0.25, -0.2) is 0 Å². The molecule has 2 rings (SSSR count). The van der Waals surface area contributed by atoms with Gasteiger partial charge < -0.3 is 10.2 Å². The largest absolute Gasteiger partial charge is 0.349 e. The molecule has 0 spiro atoms. The Morgan fingerprint density at radius 2 is 1.82 bits per heavy atom. The van der Waals surface area contributed by atoms with Gasteiger partial charge in [0.15, 0.2) is 0 Å². The maximum atomic E-state index is 12.2. The van der Waals surface area contributed by atoms with Crippen molar-refractivity contribution < 1.29 is 9.59 Å². The zero-order valence-electron chi connectivity index (χ0n) is 12.7. The van der Waals surface area contributed by atoms with Gasteiger partial charge in [-0.2, -0.15) is 0 Å². The molecular formula is C16H20Cl2N2O2. The van der Waals surface area contributed by atoms with E-state index in [1.54, 1.807) is 18.2 Å². The van der Waals surface area contributed by atoms with Crippen LogP contribution >= 0.6 is 23.2 Å². The molecule has 1 aromatic carbocycles. The average molecular weight is 343 g/mol. The van der Waals surface area contributed by atoms with Crippen molar-refractivity contribution in [2.24, 2.45) is 5.92 Å². The summed E-state index contributed by atoms with van der Waals surface area (Å²) in [4.78, 5) is 26.0. The Balaban J connectivity index is 1.89. The lowest BCUT2D eigenvalue weighted by atomic mass is 10.0. The van der Waals surface area contributed by atoms with E-state index >= 15 is 0 Å². The molecule has 22 heavy (non-hydrogen) atoms. The van der Waals surface area contributed by atoms with Crippen LogP contribution in [0.5, 0.6) is 0 Å². The van der Waals surface area contributed by atoms with E-state index in [1.165, 1.54) is 0 Å². The summed E-state index contributed by atoms with van der Waals surface area (Å²) in [5.41, 5.74) is 0.495. The number of rotatable bonds is 3. The van der Waals surface area contributed by atoms with E-state index in [2.05, 4.69) is 5.32 Å². The Bertz CT molecular complexity index is 567. The number of nitrogens with zero attached hydrogens (tertiary/aromatic N) is 1. The summed E-state index contributed by atoms with van der Waals surface area (Å²) < 4.78 is 0. The summed E-state index contributed by atoms with van der Waals surface area (Å²) in [7, 11) is 0. The van der Waals surface area contributed by atoms with Gasteiger partial charge >= 0.3 is 0 Å². The van der Waals surface area contributed by atoms with Gasteiger partial charge in [0.05, 0.1) is 10.0 Å². The molecule has 1 fully saturated rings. The number of carbonyl (C=O) groups excluding carboxylic acids is 2. The quantitative estimate of drug-likeness (QED) is 0.915. The molecule has 1 heterocycles. The van der Waals surface area contributed by atoms with Crippen LogP contribution in [0.3, 0.4) is 0 Å². The van der Waals surface area contributed by atoms with E-state index in [1.807, 2.05) is 18.7 Å². The molecule has 0 aromatic heterocycles. The summed E-state index contributed by atoms with van der Waals surface area (Å²) >= 11 is 11.8. The second-order valence-corrected chi connectivity index (χ2v) is 6.67. The van der Waals surface area contributed by atoms with Crippen molar-refractivity contribution in [3.63, 3.8) is 0 Å². The molecule has 1 N–H and O–H groups in total. The molecule has 0 bridgehead atoms. The van der Waals surface area contributed by atoms with Gasteiger partial charge in [-0.1, -0.05) is 37.0 Å². The lowest BCUT2D eigenvalue weighted by Crippen LogP contribution is -2.47. The normalized spacial score (nSPS) is 16.0. The predicted molar refractivity (Wildman–Crippen MR) is 88.4 cm³/mol. The highest BCUT2D eigenvalue weighted by Crippen LogP contribution is 2.23. The average Bonchev–Trinajstić information content (AvgIpc) is 2.50. The molecule has 0 radical (unpaired) electrons. The van der Waals surface area contributed by atoms with Crippen LogP contribution in [0.4, 0.5) is 0 Å². The van der Waals surface area contributed by atoms with Crippen LogP contribution in [0.1, 0.15) is 37.0 Å². The van der Waals surface area contributed by atoms with Crippen molar-refractivity contribution >= 4 is 35.0 Å². The van der Waals surface area contributed by atoms with E-state index in [0.717, 1.165) is 12.8 Å². The van der Waals surface area contributed by atoms with Crippen LogP contribution in [0, 0.1) is 5.92 Å². The van der Waals surface area contributed by atoms with E-state index in [4.69, 9.17) is 23.2 Å². The SMILES string of the molecule is CC(C)C(=O)N1CCC(NC(=O)c2ccc(Cl)c(Cl)c2)CC1. The van der Waals surface area contributed by atoms with Crippen LogP contribution in [-0.4, -0.2) is 35.8 Å². The summed E-state index contributed by atoms with van der Waals surface area (Å²) in [5, 5.41) is 3.79. The van der Waals surface area contributed by atoms with Crippen LogP contribution in [-0.2, 0) is 4.79 Å². The second kappa shape index (κ2) is 7.34. The highest BCUT2D eigenvalue weighted by atomic mass is 35.5. The van der Waals surface area contributed by atoms with Crippen LogP contribution < -0.4 is 5.32 Å². The first kappa shape index (κ1) is 17.1. The smallest absolute Gasteiger partial charge is 0.251 e. The van der Waals surface area contributed by atoms with Crippen LogP contribution in [0.2, 0.25) is 10.0 Å². The third-order valence-electron chi connectivity index (χ3n) is 3.82. The first-order valence-electron chi connectivity index (χ1n) is 7.43. The Hall–Kier alpha value is -1.26. The number of amides is 2. The van der Waals surface area contributed by atoms with Gasteiger partial charge in [-0.05, 0) is 31.0 Å². The molecule has 1 saturated heterocycles. The first-order valence-corrected chi connectivity index (χ1v) is 8.18. The molecule has 120 valence electrons. The zero-order valence-corrected chi connectivity index (χ0v) is 14.2. The topological polar surface area (TPSA) is 49.4 Å².